The first-order chi connectivity index (χ1) is 10.5. The number of aryl methyl sites for hydroxylation is 2. The van der Waals surface area contributed by atoms with E-state index in [9.17, 15) is 9.59 Å². The maximum atomic E-state index is 12.7. The number of nitrogens with zero attached hydrogens (tertiary/aromatic N) is 1. The predicted octanol–water partition coefficient (Wildman–Crippen LogP) is 1.91. The maximum absolute atomic E-state index is 12.7. The standard InChI is InChI=1S/C16H22N2O3S/c1-16(17-9-14(19)20)6-7-18(10-16)15(21)13-8-11-4-2-3-5-12(11)22-13/h8,17H,2-7,9-10H2,1H3,(H,19,20)/t16-/m0/s1. The summed E-state index contributed by atoms with van der Waals surface area (Å²) in [6.45, 7) is 3.18. The van der Waals surface area contributed by atoms with E-state index in [0.717, 1.165) is 24.1 Å². The highest BCUT2D eigenvalue weighted by atomic mass is 32.1. The van der Waals surface area contributed by atoms with E-state index in [2.05, 4.69) is 11.4 Å². The highest BCUT2D eigenvalue weighted by Crippen LogP contribution is 2.31. The van der Waals surface area contributed by atoms with Gasteiger partial charge < -0.3 is 10.0 Å². The van der Waals surface area contributed by atoms with Gasteiger partial charge in [-0.2, -0.15) is 0 Å². The van der Waals surface area contributed by atoms with Crippen LogP contribution in [0.1, 0.15) is 46.3 Å². The number of rotatable bonds is 4. The van der Waals surface area contributed by atoms with E-state index in [0.29, 0.717) is 13.1 Å². The lowest BCUT2D eigenvalue weighted by Crippen LogP contribution is -2.47. The lowest BCUT2D eigenvalue weighted by molar-refractivity contribution is -0.136. The number of hydrogen-bond donors (Lipinski definition) is 2. The van der Waals surface area contributed by atoms with E-state index in [1.165, 1.54) is 23.3 Å². The number of hydrogen-bond acceptors (Lipinski definition) is 4. The van der Waals surface area contributed by atoms with Crippen LogP contribution >= 0.6 is 11.3 Å². The number of likely N-dealkylation sites (tertiary alicyclic amines) is 1. The summed E-state index contributed by atoms with van der Waals surface area (Å²) >= 11 is 1.64. The van der Waals surface area contributed by atoms with Crippen LogP contribution in [-0.4, -0.2) is 47.1 Å². The van der Waals surface area contributed by atoms with Gasteiger partial charge in [0.1, 0.15) is 0 Å². The number of fused-ring (bicyclic) bond motifs is 1. The Balaban J connectivity index is 1.66. The first-order valence-corrected chi connectivity index (χ1v) is 8.66. The molecule has 1 aromatic heterocycles. The van der Waals surface area contributed by atoms with Gasteiger partial charge in [-0.1, -0.05) is 0 Å². The fraction of sp³-hybridized carbons (Fsp3) is 0.625. The number of carboxylic acid groups (broad SMARTS) is 1. The number of carbonyl (C=O) groups is 2. The van der Waals surface area contributed by atoms with Crippen molar-refractivity contribution in [1.29, 1.82) is 0 Å². The molecule has 2 aliphatic rings. The largest absolute Gasteiger partial charge is 0.480 e. The van der Waals surface area contributed by atoms with Crippen molar-refractivity contribution in [2.45, 2.75) is 44.6 Å². The van der Waals surface area contributed by atoms with Crippen molar-refractivity contribution >= 4 is 23.2 Å². The smallest absolute Gasteiger partial charge is 0.317 e. The molecule has 2 N–H and O–H groups in total. The second-order valence-electron chi connectivity index (χ2n) is 6.55. The minimum Gasteiger partial charge on any atom is -0.480 e. The monoisotopic (exact) mass is 322 g/mol. The Kier molecular flexibility index (Phi) is 4.23. The van der Waals surface area contributed by atoms with Crippen LogP contribution in [0.25, 0.3) is 0 Å². The number of amides is 1. The molecule has 1 amide bonds. The topological polar surface area (TPSA) is 69.6 Å². The molecule has 5 nitrogen and oxygen atoms in total. The third-order valence-corrected chi connectivity index (χ3v) is 5.86. The average molecular weight is 322 g/mol. The van der Waals surface area contributed by atoms with Gasteiger partial charge in [-0.3, -0.25) is 14.9 Å². The van der Waals surface area contributed by atoms with E-state index in [1.54, 1.807) is 11.3 Å². The van der Waals surface area contributed by atoms with E-state index in [4.69, 9.17) is 5.11 Å². The quantitative estimate of drug-likeness (QED) is 0.888. The molecule has 2 heterocycles. The van der Waals surface area contributed by atoms with Gasteiger partial charge in [0.2, 0.25) is 0 Å². The van der Waals surface area contributed by atoms with Crippen LogP contribution in [0.4, 0.5) is 0 Å². The summed E-state index contributed by atoms with van der Waals surface area (Å²) in [6.07, 6.45) is 5.43. The Morgan fingerprint density at radius 3 is 2.91 bits per heavy atom. The second kappa shape index (κ2) is 6.01. The molecule has 3 rings (SSSR count). The van der Waals surface area contributed by atoms with Crippen LogP contribution in [0.15, 0.2) is 6.07 Å². The van der Waals surface area contributed by atoms with Crippen molar-refractivity contribution in [3.8, 4) is 0 Å². The van der Waals surface area contributed by atoms with Crippen LogP contribution in [0.5, 0.6) is 0 Å². The first-order valence-electron chi connectivity index (χ1n) is 7.84. The van der Waals surface area contributed by atoms with Crippen molar-refractivity contribution in [3.63, 3.8) is 0 Å². The van der Waals surface area contributed by atoms with Crippen LogP contribution in [-0.2, 0) is 17.6 Å². The molecule has 0 spiro atoms. The summed E-state index contributed by atoms with van der Waals surface area (Å²) in [6, 6.07) is 2.07. The van der Waals surface area contributed by atoms with Gasteiger partial charge in [-0.15, -0.1) is 11.3 Å². The summed E-state index contributed by atoms with van der Waals surface area (Å²) in [5.41, 5.74) is 1.05. The summed E-state index contributed by atoms with van der Waals surface area (Å²) in [5, 5.41) is 11.8. The fourth-order valence-electron chi connectivity index (χ4n) is 3.32. The molecule has 0 unspecified atom stereocenters. The van der Waals surface area contributed by atoms with E-state index in [1.807, 2.05) is 11.8 Å². The molecule has 1 saturated heterocycles. The summed E-state index contributed by atoms with van der Waals surface area (Å²) in [5.74, 6) is -0.766. The molecule has 1 aromatic rings. The van der Waals surface area contributed by atoms with Gasteiger partial charge in [0.25, 0.3) is 5.91 Å². The lowest BCUT2D eigenvalue weighted by Gasteiger charge is -2.25. The van der Waals surface area contributed by atoms with Gasteiger partial charge in [0.15, 0.2) is 0 Å². The normalized spacial score (nSPS) is 24.3. The van der Waals surface area contributed by atoms with E-state index >= 15 is 0 Å². The summed E-state index contributed by atoms with van der Waals surface area (Å²) < 4.78 is 0. The fourth-order valence-corrected chi connectivity index (χ4v) is 4.54. The molecule has 22 heavy (non-hydrogen) atoms. The highest BCUT2D eigenvalue weighted by Gasteiger charge is 2.36. The average Bonchev–Trinajstić information content (AvgIpc) is 3.09. The van der Waals surface area contributed by atoms with Crippen molar-refractivity contribution in [2.75, 3.05) is 19.6 Å². The number of nitrogens with one attached hydrogen (secondary N) is 1. The van der Waals surface area contributed by atoms with Crippen LogP contribution in [0.3, 0.4) is 0 Å². The van der Waals surface area contributed by atoms with Crippen LogP contribution < -0.4 is 5.32 Å². The van der Waals surface area contributed by atoms with Gasteiger partial charge >= 0.3 is 5.97 Å². The molecule has 0 bridgehead atoms. The van der Waals surface area contributed by atoms with Crippen molar-refractivity contribution < 1.29 is 14.7 Å². The third-order valence-electron chi connectivity index (χ3n) is 4.63. The van der Waals surface area contributed by atoms with Gasteiger partial charge in [0, 0.05) is 23.5 Å². The predicted molar refractivity (Wildman–Crippen MR) is 85.5 cm³/mol. The Morgan fingerprint density at radius 2 is 2.18 bits per heavy atom. The SMILES string of the molecule is C[C@]1(NCC(=O)O)CCN(C(=O)c2cc3c(s2)CCCC3)C1. The van der Waals surface area contributed by atoms with Crippen LogP contribution in [0, 0.1) is 0 Å². The molecule has 1 atom stereocenters. The van der Waals surface area contributed by atoms with E-state index < -0.39 is 5.97 Å². The number of carboxylic acids is 1. The number of carbonyl (C=O) groups excluding carboxylic acids is 1. The zero-order chi connectivity index (χ0) is 15.7. The van der Waals surface area contributed by atoms with Crippen molar-refractivity contribution in [2.24, 2.45) is 0 Å². The van der Waals surface area contributed by atoms with Gasteiger partial charge in [-0.25, -0.2) is 0 Å². The zero-order valence-corrected chi connectivity index (χ0v) is 13.7. The van der Waals surface area contributed by atoms with Crippen molar-refractivity contribution in [3.05, 3.63) is 21.4 Å². The summed E-state index contributed by atoms with van der Waals surface area (Å²) in [7, 11) is 0. The molecule has 0 saturated carbocycles. The molecular weight excluding hydrogens is 300 g/mol. The van der Waals surface area contributed by atoms with Gasteiger partial charge in [-0.05, 0) is 50.7 Å². The van der Waals surface area contributed by atoms with E-state index in [-0.39, 0.29) is 18.0 Å². The third kappa shape index (κ3) is 3.17. The molecule has 1 fully saturated rings. The molecule has 0 aromatic carbocycles. The minimum absolute atomic E-state index is 0.0637. The molecular formula is C16H22N2O3S. The number of aliphatic carboxylic acids is 1. The molecule has 1 aliphatic heterocycles. The Labute approximate surface area is 134 Å². The Hall–Kier alpha value is -1.40. The molecule has 6 heteroatoms. The van der Waals surface area contributed by atoms with Crippen molar-refractivity contribution in [1.82, 2.24) is 10.2 Å². The highest BCUT2D eigenvalue weighted by molar-refractivity contribution is 7.14. The minimum atomic E-state index is -0.864. The summed E-state index contributed by atoms with van der Waals surface area (Å²) in [4.78, 5) is 27.5. The molecule has 120 valence electrons. The second-order valence-corrected chi connectivity index (χ2v) is 7.69. The molecule has 1 aliphatic carbocycles. The lowest BCUT2D eigenvalue weighted by atomic mass is 9.99. The zero-order valence-electron chi connectivity index (χ0n) is 12.9. The molecule has 0 radical (unpaired) electrons. The van der Waals surface area contributed by atoms with Crippen LogP contribution in [0.2, 0.25) is 0 Å². The Bertz CT molecular complexity index is 575. The first kappa shape index (κ1) is 15.5. The van der Waals surface area contributed by atoms with Gasteiger partial charge in [0.05, 0.1) is 11.4 Å². The maximum Gasteiger partial charge on any atom is 0.317 e. The number of thiophene rings is 1. The Morgan fingerprint density at radius 1 is 1.41 bits per heavy atom.